The molecule has 1 aromatic heterocycles. The summed E-state index contributed by atoms with van der Waals surface area (Å²) < 4.78 is 5.32. The predicted octanol–water partition coefficient (Wildman–Crippen LogP) is 1.27. The minimum atomic E-state index is 0.0392. The molecule has 0 radical (unpaired) electrons. The lowest BCUT2D eigenvalue weighted by molar-refractivity contribution is -0.140. The van der Waals surface area contributed by atoms with Crippen LogP contribution in [0.15, 0.2) is 5.38 Å². The van der Waals surface area contributed by atoms with Gasteiger partial charge in [0.25, 0.3) is 0 Å². The Labute approximate surface area is 123 Å². The molecule has 2 fully saturated rings. The van der Waals surface area contributed by atoms with E-state index < -0.39 is 0 Å². The first kappa shape index (κ1) is 14.0. The van der Waals surface area contributed by atoms with E-state index in [2.05, 4.69) is 15.3 Å². The number of carbonyl (C=O) groups is 1. The normalized spacial score (nSPS) is 24.2. The minimum Gasteiger partial charge on any atom is -0.378 e. The number of hydrogen-bond donors (Lipinski definition) is 0. The van der Waals surface area contributed by atoms with Gasteiger partial charge in [-0.1, -0.05) is 0 Å². The average Bonchev–Trinajstić information content (AvgIpc) is 3.09. The van der Waals surface area contributed by atoms with Gasteiger partial charge in [0.15, 0.2) is 0 Å². The molecule has 6 heteroatoms. The summed E-state index contributed by atoms with van der Waals surface area (Å²) >= 11 is 1.69. The monoisotopic (exact) mass is 295 g/mol. The van der Waals surface area contributed by atoms with Crippen LogP contribution in [0.25, 0.3) is 0 Å². The van der Waals surface area contributed by atoms with Gasteiger partial charge >= 0.3 is 0 Å². The maximum atomic E-state index is 12.6. The molecule has 3 heterocycles. The van der Waals surface area contributed by atoms with Gasteiger partial charge in [0.05, 0.1) is 25.8 Å². The zero-order valence-electron chi connectivity index (χ0n) is 11.9. The molecule has 2 aliphatic rings. The molecule has 110 valence electrons. The van der Waals surface area contributed by atoms with Crippen LogP contribution in [0.2, 0.25) is 0 Å². The third kappa shape index (κ3) is 3.02. The fourth-order valence-electron chi connectivity index (χ4n) is 2.94. The summed E-state index contributed by atoms with van der Waals surface area (Å²) in [6, 6.07) is 0.0392. The van der Waals surface area contributed by atoms with Gasteiger partial charge in [0, 0.05) is 24.2 Å². The Morgan fingerprint density at radius 3 is 2.95 bits per heavy atom. The number of amides is 1. The molecule has 3 rings (SSSR count). The molecule has 5 nitrogen and oxygen atoms in total. The summed E-state index contributed by atoms with van der Waals surface area (Å²) in [5.74, 6) is 0.277. The molecule has 1 aromatic rings. The third-order valence-corrected chi connectivity index (χ3v) is 4.93. The quantitative estimate of drug-likeness (QED) is 0.842. The van der Waals surface area contributed by atoms with Gasteiger partial charge in [-0.25, -0.2) is 4.98 Å². The highest BCUT2D eigenvalue weighted by Gasteiger charge is 2.34. The molecule has 2 saturated heterocycles. The lowest BCUT2D eigenvalue weighted by Crippen LogP contribution is -2.49. The highest BCUT2D eigenvalue weighted by atomic mass is 32.1. The minimum absolute atomic E-state index is 0.0392. The molecule has 0 aliphatic carbocycles. The zero-order valence-corrected chi connectivity index (χ0v) is 12.7. The van der Waals surface area contributed by atoms with E-state index in [4.69, 9.17) is 4.74 Å². The van der Waals surface area contributed by atoms with Crippen LogP contribution in [0, 0.1) is 6.92 Å². The van der Waals surface area contributed by atoms with E-state index in [1.807, 2.05) is 11.8 Å². The molecule has 0 N–H and O–H groups in total. The molecule has 0 aromatic carbocycles. The number of nitrogens with zero attached hydrogens (tertiary/aromatic N) is 3. The molecular weight excluding hydrogens is 274 g/mol. The Balaban J connectivity index is 1.63. The number of morpholine rings is 1. The Bertz CT molecular complexity index is 471. The van der Waals surface area contributed by atoms with E-state index in [-0.39, 0.29) is 11.9 Å². The second-order valence-electron chi connectivity index (χ2n) is 5.45. The topological polar surface area (TPSA) is 45.7 Å². The molecule has 0 bridgehead atoms. The first-order chi connectivity index (χ1) is 9.74. The van der Waals surface area contributed by atoms with Crippen LogP contribution < -0.4 is 0 Å². The van der Waals surface area contributed by atoms with Crippen molar-refractivity contribution in [3.8, 4) is 0 Å². The van der Waals surface area contributed by atoms with Crippen molar-refractivity contribution in [1.82, 2.24) is 14.8 Å². The van der Waals surface area contributed by atoms with E-state index in [9.17, 15) is 4.79 Å². The molecular formula is C14H21N3O2S. The summed E-state index contributed by atoms with van der Waals surface area (Å²) in [7, 11) is 0. The van der Waals surface area contributed by atoms with E-state index in [1.54, 1.807) is 11.3 Å². The van der Waals surface area contributed by atoms with Crippen molar-refractivity contribution in [2.24, 2.45) is 0 Å². The highest BCUT2D eigenvalue weighted by Crippen LogP contribution is 2.23. The maximum absolute atomic E-state index is 12.6. The van der Waals surface area contributed by atoms with Crippen molar-refractivity contribution in [3.63, 3.8) is 0 Å². The Morgan fingerprint density at radius 2 is 2.25 bits per heavy atom. The molecule has 0 saturated carbocycles. The molecule has 1 amide bonds. The van der Waals surface area contributed by atoms with Gasteiger partial charge in [0.2, 0.25) is 5.91 Å². The molecule has 0 spiro atoms. The van der Waals surface area contributed by atoms with Crippen LogP contribution in [0.4, 0.5) is 0 Å². The zero-order chi connectivity index (χ0) is 13.9. The average molecular weight is 295 g/mol. The van der Waals surface area contributed by atoms with E-state index in [1.165, 1.54) is 0 Å². The van der Waals surface area contributed by atoms with E-state index in [0.29, 0.717) is 13.2 Å². The first-order valence-corrected chi connectivity index (χ1v) is 8.13. The number of thiazole rings is 1. The van der Waals surface area contributed by atoms with Crippen LogP contribution in [-0.4, -0.2) is 59.6 Å². The first-order valence-electron chi connectivity index (χ1n) is 7.25. The third-order valence-electron chi connectivity index (χ3n) is 3.98. The van der Waals surface area contributed by atoms with Crippen molar-refractivity contribution in [2.45, 2.75) is 32.4 Å². The van der Waals surface area contributed by atoms with Crippen molar-refractivity contribution < 1.29 is 9.53 Å². The fourth-order valence-corrected chi connectivity index (χ4v) is 3.73. The number of likely N-dealkylation sites (tertiary alicyclic amines) is 1. The maximum Gasteiger partial charge on any atom is 0.240 e. The Hall–Kier alpha value is -0.980. The second kappa shape index (κ2) is 6.20. The Morgan fingerprint density at radius 1 is 1.45 bits per heavy atom. The number of aromatic nitrogens is 1. The van der Waals surface area contributed by atoms with Crippen LogP contribution >= 0.6 is 11.3 Å². The Kier molecular flexibility index (Phi) is 4.33. The highest BCUT2D eigenvalue weighted by molar-refractivity contribution is 7.09. The molecule has 1 atom stereocenters. The summed E-state index contributed by atoms with van der Waals surface area (Å²) in [5, 5.41) is 3.19. The molecule has 20 heavy (non-hydrogen) atoms. The van der Waals surface area contributed by atoms with Crippen molar-refractivity contribution in [1.29, 1.82) is 0 Å². The van der Waals surface area contributed by atoms with Crippen LogP contribution in [0.3, 0.4) is 0 Å². The van der Waals surface area contributed by atoms with Gasteiger partial charge in [-0.2, -0.15) is 0 Å². The van der Waals surface area contributed by atoms with Gasteiger partial charge in [0.1, 0.15) is 5.01 Å². The fraction of sp³-hybridized carbons (Fsp3) is 0.714. The van der Waals surface area contributed by atoms with Gasteiger partial charge in [-0.15, -0.1) is 11.3 Å². The molecule has 0 unspecified atom stereocenters. The number of aryl methyl sites for hydroxylation is 1. The molecule has 2 aliphatic heterocycles. The number of hydrogen-bond acceptors (Lipinski definition) is 5. The summed E-state index contributed by atoms with van der Waals surface area (Å²) in [6.07, 6.45) is 2.08. The van der Waals surface area contributed by atoms with Crippen molar-refractivity contribution in [2.75, 3.05) is 32.8 Å². The van der Waals surface area contributed by atoms with Gasteiger partial charge in [-0.05, 0) is 26.3 Å². The number of rotatable bonds is 3. The summed E-state index contributed by atoms with van der Waals surface area (Å²) in [6.45, 7) is 6.63. The van der Waals surface area contributed by atoms with Crippen LogP contribution in [0.5, 0.6) is 0 Å². The van der Waals surface area contributed by atoms with Crippen molar-refractivity contribution >= 4 is 17.2 Å². The van der Waals surface area contributed by atoms with Gasteiger partial charge < -0.3 is 9.64 Å². The van der Waals surface area contributed by atoms with Gasteiger partial charge in [-0.3, -0.25) is 9.69 Å². The number of ether oxygens (including phenoxy) is 1. The van der Waals surface area contributed by atoms with E-state index >= 15 is 0 Å². The predicted molar refractivity (Wildman–Crippen MR) is 77.7 cm³/mol. The summed E-state index contributed by atoms with van der Waals surface area (Å²) in [4.78, 5) is 21.4. The lowest BCUT2D eigenvalue weighted by Gasteiger charge is -2.32. The second-order valence-corrected chi connectivity index (χ2v) is 6.39. The lowest BCUT2D eigenvalue weighted by atomic mass is 10.2. The SMILES string of the molecule is Cc1csc(CN2CCC[C@H]2C(=O)N2CCOCC2)n1. The number of carbonyl (C=O) groups excluding carboxylic acids is 1. The van der Waals surface area contributed by atoms with Crippen molar-refractivity contribution in [3.05, 3.63) is 16.1 Å². The van der Waals surface area contributed by atoms with Crippen LogP contribution in [0.1, 0.15) is 23.5 Å². The van der Waals surface area contributed by atoms with Crippen LogP contribution in [-0.2, 0) is 16.1 Å². The largest absolute Gasteiger partial charge is 0.378 e. The van der Waals surface area contributed by atoms with E-state index in [0.717, 1.165) is 49.7 Å². The summed E-state index contributed by atoms with van der Waals surface area (Å²) in [5.41, 5.74) is 1.07. The smallest absolute Gasteiger partial charge is 0.240 e. The standard InChI is InChI=1S/C14H21N3O2S/c1-11-10-20-13(15-11)9-17-4-2-3-12(17)14(18)16-5-7-19-8-6-16/h10,12H,2-9H2,1H3/t12-/m0/s1.